The average molecular weight is 811 g/mol. The first-order chi connectivity index (χ1) is 29.8. The number of ether oxygens (including phenoxy) is 1. The minimum absolute atomic E-state index is 0.108. The Morgan fingerprint density at radius 2 is 1.32 bits per heavy atom. The zero-order valence-electron chi connectivity index (χ0n) is 37.3. The van der Waals surface area contributed by atoms with Crippen LogP contribution in [0.25, 0.3) is 39.0 Å². The molecule has 2 heteroatoms. The van der Waals surface area contributed by atoms with Gasteiger partial charge in [-0.05, 0) is 138 Å². The lowest BCUT2D eigenvalue weighted by Gasteiger charge is -2.42. The monoisotopic (exact) mass is 810 g/mol. The molecule has 0 spiro atoms. The zero-order valence-corrected chi connectivity index (χ0v) is 37.3. The Hall–Kier alpha value is -5.99. The van der Waals surface area contributed by atoms with Crippen LogP contribution in [-0.4, -0.2) is 12.6 Å². The molecule has 4 aromatic rings. The summed E-state index contributed by atoms with van der Waals surface area (Å²) < 4.78 is 5.30. The van der Waals surface area contributed by atoms with Gasteiger partial charge < -0.3 is 4.74 Å². The average Bonchev–Trinajstić information content (AvgIpc) is 3.69. The van der Waals surface area contributed by atoms with Crippen molar-refractivity contribution < 1.29 is 9.53 Å². The van der Waals surface area contributed by atoms with E-state index < -0.39 is 0 Å². The van der Waals surface area contributed by atoms with E-state index in [0.29, 0.717) is 18.4 Å². The Kier molecular flexibility index (Phi) is 9.59. The molecule has 0 saturated carbocycles. The van der Waals surface area contributed by atoms with Crippen molar-refractivity contribution in [3.63, 3.8) is 0 Å². The van der Waals surface area contributed by atoms with Gasteiger partial charge in [-0.3, -0.25) is 0 Å². The number of hydrogen-bond donors (Lipinski definition) is 0. The Bertz CT molecular complexity index is 2850. The molecule has 0 fully saturated rings. The molecular weight excluding hydrogens is 753 g/mol. The third kappa shape index (κ3) is 6.16. The molecule has 0 heterocycles. The summed E-state index contributed by atoms with van der Waals surface area (Å²) in [7, 11) is 0. The quantitative estimate of drug-likeness (QED) is 0.0653. The Morgan fingerprint density at radius 1 is 0.694 bits per heavy atom. The molecule has 6 aliphatic rings. The van der Waals surface area contributed by atoms with Crippen LogP contribution in [-0.2, 0) is 20.4 Å². The molecule has 4 aromatic carbocycles. The largest absolute Gasteiger partial charge is 0.463 e. The van der Waals surface area contributed by atoms with Crippen LogP contribution in [0, 0.1) is 17.3 Å². The molecule has 3 atom stereocenters. The Balaban J connectivity index is 0.977. The summed E-state index contributed by atoms with van der Waals surface area (Å²) in [6, 6.07) is 30.5. The summed E-state index contributed by atoms with van der Waals surface area (Å²) in [5, 5.41) is 0. The van der Waals surface area contributed by atoms with E-state index in [4.69, 9.17) is 11.3 Å². The van der Waals surface area contributed by atoms with Crippen LogP contribution in [0.1, 0.15) is 101 Å². The van der Waals surface area contributed by atoms with Crippen molar-refractivity contribution in [3.05, 3.63) is 208 Å². The third-order valence-corrected chi connectivity index (χ3v) is 15.0. The molecule has 0 N–H and O–H groups in total. The van der Waals surface area contributed by atoms with Crippen molar-refractivity contribution in [2.24, 2.45) is 17.3 Å². The molecular formula is C60H58O2. The van der Waals surface area contributed by atoms with E-state index in [1.165, 1.54) is 106 Å². The second-order valence-corrected chi connectivity index (χ2v) is 19.8. The molecule has 0 aliphatic heterocycles. The van der Waals surface area contributed by atoms with E-state index in [-0.39, 0.29) is 22.2 Å². The Morgan fingerprint density at radius 3 is 2.03 bits per heavy atom. The van der Waals surface area contributed by atoms with E-state index in [1.54, 1.807) is 0 Å². The number of carbonyl (C=O) groups excluding carboxylic acids is 1. The molecule has 3 unspecified atom stereocenters. The molecule has 310 valence electrons. The minimum atomic E-state index is -0.355. The van der Waals surface area contributed by atoms with Gasteiger partial charge in [-0.1, -0.05) is 182 Å². The standard InChI is InChI=1S/C60H58O2/c1-9-37(3)60(30-14-11-15-31-62-55(61)10-2)51-17-13-12-16-46(51)49-27-22-40(35-54(49)60)39-21-26-47-48-28-23-41(36-53(48)59(7,8)52(47)34-39)45-25-20-38-18-19-42-32-44(58(4,5)6)33-43-24-29-50(45)57(38)56(42)43/h10,12-13,16-29,32-36,56-57H,2-3,9,11,14-15,30-31H2,1,4-8H3. The summed E-state index contributed by atoms with van der Waals surface area (Å²) in [6.07, 6.45) is 25.1. The van der Waals surface area contributed by atoms with E-state index in [2.05, 4.69) is 176 Å². The van der Waals surface area contributed by atoms with Crippen LogP contribution in [0.15, 0.2) is 180 Å². The van der Waals surface area contributed by atoms with Crippen LogP contribution in [0.5, 0.6) is 0 Å². The minimum Gasteiger partial charge on any atom is -0.463 e. The second kappa shape index (κ2) is 14.8. The first-order valence-electron chi connectivity index (χ1n) is 22.8. The molecule has 62 heavy (non-hydrogen) atoms. The van der Waals surface area contributed by atoms with Crippen molar-refractivity contribution in [1.29, 1.82) is 0 Å². The van der Waals surface area contributed by atoms with Gasteiger partial charge in [-0.25, -0.2) is 4.79 Å². The van der Waals surface area contributed by atoms with Crippen molar-refractivity contribution in [3.8, 4) is 33.4 Å². The zero-order chi connectivity index (χ0) is 43.1. The highest BCUT2D eigenvalue weighted by Crippen LogP contribution is 2.58. The predicted molar refractivity (Wildman–Crippen MR) is 259 cm³/mol. The van der Waals surface area contributed by atoms with Gasteiger partial charge in [-0.2, -0.15) is 0 Å². The van der Waals surface area contributed by atoms with E-state index in [9.17, 15) is 4.79 Å². The van der Waals surface area contributed by atoms with E-state index in [1.807, 2.05) is 0 Å². The van der Waals surface area contributed by atoms with E-state index >= 15 is 0 Å². The first kappa shape index (κ1) is 40.1. The highest BCUT2D eigenvalue weighted by atomic mass is 16.5. The van der Waals surface area contributed by atoms with Gasteiger partial charge in [0.05, 0.1) is 6.61 Å². The van der Waals surface area contributed by atoms with Crippen LogP contribution in [0.4, 0.5) is 0 Å². The molecule has 0 radical (unpaired) electrons. The fourth-order valence-corrected chi connectivity index (χ4v) is 11.6. The number of esters is 1. The number of allylic oxidation sites excluding steroid dienone is 15. The summed E-state index contributed by atoms with van der Waals surface area (Å²) in [6.45, 7) is 22.7. The lowest BCUT2D eigenvalue weighted by Crippen LogP contribution is -2.30. The first-order valence-corrected chi connectivity index (χ1v) is 22.8. The Labute approximate surface area is 369 Å². The third-order valence-electron chi connectivity index (χ3n) is 15.0. The fraction of sp³-hybridized carbons (Fsp3) is 0.283. The molecule has 10 rings (SSSR count). The van der Waals surface area contributed by atoms with Gasteiger partial charge in [0.2, 0.25) is 0 Å². The molecule has 0 saturated heterocycles. The normalized spacial score (nSPS) is 21.7. The number of hydrogen-bond acceptors (Lipinski definition) is 2. The van der Waals surface area contributed by atoms with Crippen LogP contribution in [0.2, 0.25) is 0 Å². The summed E-state index contributed by atoms with van der Waals surface area (Å²) in [5.41, 5.74) is 24.0. The molecule has 0 bridgehead atoms. The van der Waals surface area contributed by atoms with Crippen LogP contribution in [0.3, 0.4) is 0 Å². The van der Waals surface area contributed by atoms with E-state index in [0.717, 1.165) is 32.1 Å². The topological polar surface area (TPSA) is 26.3 Å². The van der Waals surface area contributed by atoms with Gasteiger partial charge in [0.1, 0.15) is 0 Å². The maximum atomic E-state index is 11.6. The highest BCUT2D eigenvalue weighted by Gasteiger charge is 2.45. The van der Waals surface area contributed by atoms with Gasteiger partial charge in [-0.15, -0.1) is 0 Å². The van der Waals surface area contributed by atoms with Gasteiger partial charge in [0.25, 0.3) is 0 Å². The van der Waals surface area contributed by atoms with Crippen molar-refractivity contribution in [2.75, 3.05) is 6.61 Å². The van der Waals surface area contributed by atoms with Gasteiger partial charge in [0, 0.05) is 28.7 Å². The van der Waals surface area contributed by atoms with Crippen molar-refractivity contribution in [2.45, 2.75) is 84.5 Å². The number of carbonyl (C=O) groups is 1. The van der Waals surface area contributed by atoms with Gasteiger partial charge in [0.15, 0.2) is 0 Å². The number of rotatable bonds is 11. The number of unbranched alkanes of at least 4 members (excludes halogenated alkanes) is 2. The smallest absolute Gasteiger partial charge is 0.330 e. The highest BCUT2D eigenvalue weighted by molar-refractivity contribution is 5.91. The molecule has 0 aromatic heterocycles. The second-order valence-electron chi connectivity index (χ2n) is 19.8. The SMILES string of the molecule is C=CC(=O)OCCCCCC1(C(=C)CC)c2ccccc2-c2ccc(-c3ccc4c(c3)C(C)(C)c3cc(C5=CC=C6C=CC7=CC(C(C)(C)C)=CC8=CC=C5C6C87)ccc3-4)cc21. The van der Waals surface area contributed by atoms with Crippen LogP contribution >= 0.6 is 0 Å². The molecule has 6 aliphatic carbocycles. The lowest BCUT2D eigenvalue weighted by atomic mass is 9.61. The fourth-order valence-electron chi connectivity index (χ4n) is 11.6. The van der Waals surface area contributed by atoms with Gasteiger partial charge >= 0.3 is 5.97 Å². The molecule has 0 amide bonds. The van der Waals surface area contributed by atoms with Crippen LogP contribution < -0.4 is 0 Å². The predicted octanol–water partition coefficient (Wildman–Crippen LogP) is 15.1. The number of benzene rings is 4. The summed E-state index contributed by atoms with van der Waals surface area (Å²) in [4.78, 5) is 11.6. The van der Waals surface area contributed by atoms with Crippen molar-refractivity contribution >= 4 is 11.5 Å². The summed E-state index contributed by atoms with van der Waals surface area (Å²) >= 11 is 0. The lowest BCUT2D eigenvalue weighted by molar-refractivity contribution is -0.137. The van der Waals surface area contributed by atoms with Crippen molar-refractivity contribution in [1.82, 2.24) is 0 Å². The molecule has 2 nitrogen and oxygen atoms in total. The maximum absolute atomic E-state index is 11.6. The number of fused-ring (bicyclic) bond motifs is 6. The maximum Gasteiger partial charge on any atom is 0.330 e. The summed E-state index contributed by atoms with van der Waals surface area (Å²) in [5.74, 6) is 0.355.